The second kappa shape index (κ2) is 5.47. The fourth-order valence-corrected chi connectivity index (χ4v) is 2.98. The Labute approximate surface area is 80.1 Å². The van der Waals surface area contributed by atoms with Gasteiger partial charge in [-0.2, -0.15) is 0 Å². The van der Waals surface area contributed by atoms with Gasteiger partial charge in [0, 0.05) is 0 Å². The number of hydrogen-bond acceptors (Lipinski definition) is 0. The fourth-order valence-electron chi connectivity index (χ4n) is 1.55. The Morgan fingerprint density at radius 3 is 3.00 bits per heavy atom. The van der Waals surface area contributed by atoms with E-state index in [9.17, 15) is 0 Å². The molecule has 0 saturated heterocycles. The first kappa shape index (κ1) is 9.91. The molecule has 1 rings (SSSR count). The van der Waals surface area contributed by atoms with Gasteiger partial charge in [0.25, 0.3) is 0 Å². The van der Waals surface area contributed by atoms with E-state index in [0.29, 0.717) is 0 Å². The smallest absolute Gasteiger partial charge is 0.0868 e. The molecule has 0 nitrogen and oxygen atoms in total. The van der Waals surface area contributed by atoms with E-state index in [4.69, 9.17) is 0 Å². The van der Waals surface area contributed by atoms with Crippen LogP contribution in [0.2, 0.25) is 0 Å². The van der Waals surface area contributed by atoms with Crippen LogP contribution in [0, 0.1) is 0 Å². The zero-order chi connectivity index (χ0) is 8.81. The summed E-state index contributed by atoms with van der Waals surface area (Å²) in [4.78, 5) is 0. The topological polar surface area (TPSA) is 0 Å². The van der Waals surface area contributed by atoms with Gasteiger partial charge >= 0.3 is 0 Å². The molecule has 0 aromatic heterocycles. The summed E-state index contributed by atoms with van der Waals surface area (Å²) in [6.45, 7) is 4.40. The number of hydrogen-bond donors (Lipinski definition) is 0. The molecule has 1 unspecified atom stereocenters. The highest BCUT2D eigenvalue weighted by Crippen LogP contribution is 2.15. The molecule has 1 aliphatic rings. The van der Waals surface area contributed by atoms with Crippen molar-refractivity contribution in [2.24, 2.45) is 0 Å². The molecule has 2 atom stereocenters. The number of thiol groups is 1. The van der Waals surface area contributed by atoms with Crippen molar-refractivity contribution in [3.63, 3.8) is 0 Å². The minimum atomic E-state index is 0.725. The molecule has 0 spiro atoms. The number of allylic oxidation sites excluding steroid dienone is 2. The predicted molar refractivity (Wildman–Crippen MR) is 59.8 cm³/mol. The van der Waals surface area contributed by atoms with Crippen LogP contribution < -0.4 is 0 Å². The summed E-state index contributed by atoms with van der Waals surface area (Å²) in [5.41, 5.74) is 0. The highest BCUT2D eigenvalue weighted by Gasteiger charge is 2.18. The van der Waals surface area contributed by atoms with Crippen molar-refractivity contribution in [2.75, 3.05) is 0 Å². The van der Waals surface area contributed by atoms with Crippen LogP contribution in [-0.2, 0) is 11.8 Å². The maximum Gasteiger partial charge on any atom is 0.134 e. The van der Waals surface area contributed by atoms with Crippen LogP contribution >= 0.6 is 0 Å². The largest absolute Gasteiger partial charge is 0.134 e. The molecule has 0 amide bonds. The second-order valence-corrected chi connectivity index (χ2v) is 5.12. The average molecular weight is 183 g/mol. The van der Waals surface area contributed by atoms with E-state index in [0.717, 1.165) is 10.5 Å². The van der Waals surface area contributed by atoms with Crippen molar-refractivity contribution in [1.29, 1.82) is 0 Å². The molecule has 0 aliphatic heterocycles. The molecule has 0 radical (unpaired) electrons. The molecule has 68 valence electrons. The van der Waals surface area contributed by atoms with Crippen LogP contribution in [0.25, 0.3) is 0 Å². The Hall–Kier alpha value is -0.170. The summed E-state index contributed by atoms with van der Waals surface area (Å²) >= 11 is 1.58. The first-order valence-corrected chi connectivity index (χ1v) is 5.85. The standard InChI is InChI=1S/C11H18S/c1-3-7-10(2)12-11-8-5-4-6-9-11/h3,5,7-8,10-11H,4,6,9H2,1-2H3/p+1/b7-3-/t10-,11?/m1/s1. The molecule has 0 heterocycles. The van der Waals surface area contributed by atoms with Gasteiger partial charge in [0.1, 0.15) is 10.5 Å². The monoisotopic (exact) mass is 183 g/mol. The zero-order valence-corrected chi connectivity index (χ0v) is 8.93. The molecule has 0 fully saturated rings. The van der Waals surface area contributed by atoms with Gasteiger partial charge in [0.2, 0.25) is 0 Å². The van der Waals surface area contributed by atoms with Gasteiger partial charge in [-0.3, -0.25) is 0 Å². The van der Waals surface area contributed by atoms with Gasteiger partial charge in [-0.25, -0.2) is 0 Å². The highest BCUT2D eigenvalue weighted by molar-refractivity contribution is 7.80. The lowest BCUT2D eigenvalue weighted by molar-refractivity contribution is 0.739. The van der Waals surface area contributed by atoms with Gasteiger partial charge in [0.15, 0.2) is 0 Å². The first-order chi connectivity index (χ1) is 5.83. The SMILES string of the molecule is C/C=C\[C@@H](C)[SH+]C1C=CCCC1. The third-order valence-electron chi connectivity index (χ3n) is 2.13. The van der Waals surface area contributed by atoms with Crippen molar-refractivity contribution in [3.8, 4) is 0 Å². The summed E-state index contributed by atoms with van der Waals surface area (Å²) in [6.07, 6.45) is 13.3. The zero-order valence-electron chi connectivity index (χ0n) is 8.03. The van der Waals surface area contributed by atoms with Crippen molar-refractivity contribution < 1.29 is 0 Å². The third kappa shape index (κ3) is 3.48. The lowest BCUT2D eigenvalue weighted by atomic mass is 10.1. The van der Waals surface area contributed by atoms with Gasteiger partial charge in [-0.1, -0.05) is 12.2 Å². The van der Waals surface area contributed by atoms with Crippen molar-refractivity contribution in [2.45, 2.75) is 43.6 Å². The van der Waals surface area contributed by atoms with E-state index >= 15 is 0 Å². The molecule has 0 bridgehead atoms. The normalized spacial score (nSPS) is 26.3. The Morgan fingerprint density at radius 1 is 1.58 bits per heavy atom. The summed E-state index contributed by atoms with van der Waals surface area (Å²) in [5.74, 6) is 0. The Morgan fingerprint density at radius 2 is 2.42 bits per heavy atom. The van der Waals surface area contributed by atoms with Gasteiger partial charge in [-0.15, -0.1) is 0 Å². The Balaban J connectivity index is 2.29. The summed E-state index contributed by atoms with van der Waals surface area (Å²) in [5, 5.41) is 1.55. The third-order valence-corrected chi connectivity index (χ3v) is 3.58. The maximum absolute atomic E-state index is 2.39. The predicted octanol–water partition coefficient (Wildman–Crippen LogP) is 2.87. The molecule has 12 heavy (non-hydrogen) atoms. The second-order valence-electron chi connectivity index (χ2n) is 3.34. The van der Waals surface area contributed by atoms with E-state index in [2.05, 4.69) is 38.2 Å². The molecule has 1 aliphatic carbocycles. The minimum absolute atomic E-state index is 0.725. The molecule has 0 saturated carbocycles. The summed E-state index contributed by atoms with van der Waals surface area (Å²) in [7, 11) is 0. The van der Waals surface area contributed by atoms with Crippen LogP contribution in [0.3, 0.4) is 0 Å². The highest BCUT2D eigenvalue weighted by atomic mass is 32.2. The van der Waals surface area contributed by atoms with Gasteiger partial charge in [0.05, 0.1) is 0 Å². The van der Waals surface area contributed by atoms with Gasteiger partial charge in [-0.05, 0) is 57.0 Å². The van der Waals surface area contributed by atoms with Crippen LogP contribution in [0.1, 0.15) is 33.1 Å². The van der Waals surface area contributed by atoms with Crippen molar-refractivity contribution in [3.05, 3.63) is 24.3 Å². The number of rotatable bonds is 3. The van der Waals surface area contributed by atoms with E-state index in [1.807, 2.05) is 0 Å². The fraction of sp³-hybridized carbons (Fsp3) is 0.636. The van der Waals surface area contributed by atoms with Crippen molar-refractivity contribution in [1.82, 2.24) is 0 Å². The molecule has 0 aromatic rings. The first-order valence-electron chi connectivity index (χ1n) is 4.82. The lowest BCUT2D eigenvalue weighted by Crippen LogP contribution is -2.16. The minimum Gasteiger partial charge on any atom is -0.0868 e. The van der Waals surface area contributed by atoms with E-state index in [1.54, 1.807) is 11.8 Å². The average Bonchev–Trinajstić information content (AvgIpc) is 2.06. The van der Waals surface area contributed by atoms with Gasteiger partial charge < -0.3 is 0 Å². The molecule has 1 heteroatoms. The van der Waals surface area contributed by atoms with E-state index in [1.165, 1.54) is 19.3 Å². The summed E-state index contributed by atoms with van der Waals surface area (Å²) in [6, 6.07) is 0. The molecule has 0 N–H and O–H groups in total. The Kier molecular flexibility index (Phi) is 4.52. The van der Waals surface area contributed by atoms with Crippen LogP contribution in [0.5, 0.6) is 0 Å². The van der Waals surface area contributed by atoms with Crippen molar-refractivity contribution >= 4 is 11.8 Å². The maximum atomic E-state index is 2.39. The van der Waals surface area contributed by atoms with E-state index in [-0.39, 0.29) is 0 Å². The molecular formula is C11H19S+. The lowest BCUT2D eigenvalue weighted by Gasteiger charge is -2.11. The quantitative estimate of drug-likeness (QED) is 0.358. The summed E-state index contributed by atoms with van der Waals surface area (Å²) < 4.78 is 0. The molecular weight excluding hydrogens is 164 g/mol. The van der Waals surface area contributed by atoms with Crippen LogP contribution in [0.15, 0.2) is 24.3 Å². The van der Waals surface area contributed by atoms with Crippen LogP contribution in [0.4, 0.5) is 0 Å². The van der Waals surface area contributed by atoms with Crippen LogP contribution in [-0.4, -0.2) is 10.5 Å². The molecule has 0 aromatic carbocycles. The van der Waals surface area contributed by atoms with E-state index < -0.39 is 0 Å². The Bertz CT molecular complexity index is 170.